The average molecular weight is 468 g/mol. The topological polar surface area (TPSA) is 55.2 Å². The fourth-order valence-corrected chi connectivity index (χ4v) is 4.40. The van der Waals surface area contributed by atoms with Crippen LogP contribution in [0.3, 0.4) is 0 Å². The first-order chi connectivity index (χ1) is 16.0. The van der Waals surface area contributed by atoms with Crippen LogP contribution in [0.4, 0.5) is 0 Å². The molecular weight excluding hydrogens is 434 g/mol. The molecule has 33 heavy (non-hydrogen) atoms. The molecule has 1 atom stereocenters. The number of rotatable bonds is 11. The van der Waals surface area contributed by atoms with E-state index in [0.29, 0.717) is 46.8 Å². The molecule has 1 aromatic heterocycles. The van der Waals surface area contributed by atoms with E-state index in [9.17, 15) is 9.59 Å². The van der Waals surface area contributed by atoms with Gasteiger partial charge in [0, 0.05) is 18.0 Å². The van der Waals surface area contributed by atoms with Crippen LogP contribution in [0.1, 0.15) is 77.6 Å². The molecule has 6 heteroatoms. The molecule has 2 aromatic carbocycles. The van der Waals surface area contributed by atoms with E-state index < -0.39 is 0 Å². The number of unbranched alkanes of at least 4 members (excludes halogenated alkanes) is 3. The van der Waals surface area contributed by atoms with Gasteiger partial charge in [0.2, 0.25) is 5.91 Å². The molecule has 3 rings (SSSR count). The number of carbonyl (C=O) groups is 1. The molecule has 1 heterocycles. The molecule has 0 saturated heterocycles. The molecule has 1 amide bonds. The third-order valence-corrected chi connectivity index (χ3v) is 6.24. The van der Waals surface area contributed by atoms with Gasteiger partial charge in [-0.3, -0.25) is 14.2 Å². The Morgan fingerprint density at radius 3 is 2.39 bits per heavy atom. The maximum atomic E-state index is 13.7. The Balaban J connectivity index is 2.17. The summed E-state index contributed by atoms with van der Waals surface area (Å²) in [6.07, 6.45) is 6.26. The number of halogens is 1. The fraction of sp³-hybridized carbons (Fsp3) is 0.444. The summed E-state index contributed by atoms with van der Waals surface area (Å²) in [5, 5.41) is 1.16. The lowest BCUT2D eigenvalue weighted by molar-refractivity contribution is -0.134. The van der Waals surface area contributed by atoms with Gasteiger partial charge in [-0.15, -0.1) is 0 Å². The molecule has 5 nitrogen and oxygen atoms in total. The smallest absolute Gasteiger partial charge is 0.266 e. The van der Waals surface area contributed by atoms with E-state index in [-0.39, 0.29) is 17.5 Å². The first kappa shape index (κ1) is 25.0. The molecule has 176 valence electrons. The molecule has 3 aromatic rings. The molecule has 0 radical (unpaired) electrons. The summed E-state index contributed by atoms with van der Waals surface area (Å²) >= 11 is 6.12. The Bertz CT molecular complexity index is 1120. The molecular formula is C27H34ClN3O2. The van der Waals surface area contributed by atoms with Crippen LogP contribution in [0.2, 0.25) is 5.02 Å². The number of benzene rings is 2. The number of carbonyl (C=O) groups excluding carboxylic acids is 1. The van der Waals surface area contributed by atoms with Crippen molar-refractivity contribution >= 4 is 28.4 Å². The number of nitrogens with zero attached hydrogens (tertiary/aromatic N) is 3. The van der Waals surface area contributed by atoms with Crippen molar-refractivity contribution in [1.29, 1.82) is 0 Å². The van der Waals surface area contributed by atoms with E-state index in [1.807, 2.05) is 42.2 Å². The van der Waals surface area contributed by atoms with Gasteiger partial charge in [0.1, 0.15) is 5.82 Å². The van der Waals surface area contributed by atoms with Gasteiger partial charge in [0.05, 0.1) is 22.6 Å². The third kappa shape index (κ3) is 5.83. The minimum atomic E-state index is -0.293. The Labute approximate surface area is 201 Å². The Morgan fingerprint density at radius 2 is 1.73 bits per heavy atom. The predicted molar refractivity (Wildman–Crippen MR) is 136 cm³/mol. The highest BCUT2D eigenvalue weighted by atomic mass is 35.5. The largest absolute Gasteiger partial charge is 0.333 e. The first-order valence-corrected chi connectivity index (χ1v) is 12.5. The van der Waals surface area contributed by atoms with Crippen molar-refractivity contribution in [1.82, 2.24) is 14.5 Å². The first-order valence-electron chi connectivity index (χ1n) is 12.1. The molecule has 0 bridgehead atoms. The highest BCUT2D eigenvalue weighted by Gasteiger charge is 2.28. The van der Waals surface area contributed by atoms with E-state index in [2.05, 4.69) is 13.8 Å². The van der Waals surface area contributed by atoms with Crippen molar-refractivity contribution in [2.24, 2.45) is 0 Å². The zero-order chi connectivity index (χ0) is 23.8. The number of hydrogen-bond acceptors (Lipinski definition) is 3. The van der Waals surface area contributed by atoms with E-state index in [1.165, 1.54) is 0 Å². The molecule has 0 spiro atoms. The van der Waals surface area contributed by atoms with E-state index in [4.69, 9.17) is 16.6 Å². The molecule has 1 unspecified atom stereocenters. The summed E-state index contributed by atoms with van der Waals surface area (Å²) in [7, 11) is 0. The second kappa shape index (κ2) is 12.0. The van der Waals surface area contributed by atoms with Crippen LogP contribution >= 0.6 is 11.6 Å². The molecule has 0 aliphatic carbocycles. The highest BCUT2D eigenvalue weighted by molar-refractivity contribution is 6.30. The van der Waals surface area contributed by atoms with Crippen molar-refractivity contribution in [2.75, 3.05) is 6.54 Å². The van der Waals surface area contributed by atoms with Gasteiger partial charge in [-0.2, -0.15) is 0 Å². The van der Waals surface area contributed by atoms with Crippen LogP contribution in [0.25, 0.3) is 16.6 Å². The van der Waals surface area contributed by atoms with Gasteiger partial charge in [-0.05, 0) is 55.7 Å². The van der Waals surface area contributed by atoms with Crippen LogP contribution in [0, 0.1) is 0 Å². The Morgan fingerprint density at radius 1 is 1.00 bits per heavy atom. The molecule has 0 fully saturated rings. The summed E-state index contributed by atoms with van der Waals surface area (Å²) in [6.45, 7) is 6.92. The zero-order valence-electron chi connectivity index (χ0n) is 19.9. The van der Waals surface area contributed by atoms with Crippen molar-refractivity contribution in [3.05, 3.63) is 69.7 Å². The molecule has 0 aliphatic heterocycles. The zero-order valence-corrected chi connectivity index (χ0v) is 20.6. The standard InChI is InChI=1S/C27H34ClN3O2/c1-4-7-8-11-19-30(25(32)12-5-2)24(6-3)26-29-23-14-10-9-13-22(23)27(33)31(26)21-17-15-20(28)16-18-21/h9-10,13-18,24H,4-8,11-12,19H2,1-3H3. The van der Waals surface area contributed by atoms with Gasteiger partial charge in [0.25, 0.3) is 5.56 Å². The Kier molecular flexibility index (Phi) is 9.07. The highest BCUT2D eigenvalue weighted by Crippen LogP contribution is 2.28. The monoisotopic (exact) mass is 467 g/mol. The van der Waals surface area contributed by atoms with Crippen molar-refractivity contribution < 1.29 is 4.79 Å². The van der Waals surface area contributed by atoms with Crippen molar-refractivity contribution in [3.8, 4) is 5.69 Å². The predicted octanol–water partition coefficient (Wildman–Crippen LogP) is 6.70. The lowest BCUT2D eigenvalue weighted by Crippen LogP contribution is -2.39. The van der Waals surface area contributed by atoms with E-state index in [1.54, 1.807) is 22.8 Å². The van der Waals surface area contributed by atoms with E-state index >= 15 is 0 Å². The minimum Gasteiger partial charge on any atom is -0.333 e. The second-order valence-corrected chi connectivity index (χ2v) is 8.86. The molecule has 0 N–H and O–H groups in total. The minimum absolute atomic E-state index is 0.117. The maximum Gasteiger partial charge on any atom is 0.266 e. The van der Waals surface area contributed by atoms with Gasteiger partial charge < -0.3 is 4.90 Å². The van der Waals surface area contributed by atoms with E-state index in [0.717, 1.165) is 32.1 Å². The normalized spacial score (nSPS) is 12.1. The van der Waals surface area contributed by atoms with Crippen LogP contribution in [-0.2, 0) is 4.79 Å². The van der Waals surface area contributed by atoms with Gasteiger partial charge in [-0.1, -0.05) is 63.8 Å². The maximum absolute atomic E-state index is 13.7. The van der Waals surface area contributed by atoms with Crippen molar-refractivity contribution in [2.45, 2.75) is 71.8 Å². The fourth-order valence-electron chi connectivity index (χ4n) is 4.28. The number of hydrogen-bond donors (Lipinski definition) is 0. The van der Waals surface area contributed by atoms with Crippen LogP contribution < -0.4 is 5.56 Å². The Hall–Kier alpha value is -2.66. The number of para-hydroxylation sites is 1. The summed E-state index contributed by atoms with van der Waals surface area (Å²) < 4.78 is 1.66. The number of fused-ring (bicyclic) bond motifs is 1. The number of amides is 1. The van der Waals surface area contributed by atoms with Crippen molar-refractivity contribution in [3.63, 3.8) is 0 Å². The quantitative estimate of drug-likeness (QED) is 0.295. The van der Waals surface area contributed by atoms with Crippen LogP contribution in [0.15, 0.2) is 53.3 Å². The van der Waals surface area contributed by atoms with Gasteiger partial charge in [0.15, 0.2) is 0 Å². The summed E-state index contributed by atoms with van der Waals surface area (Å²) in [6, 6.07) is 14.3. The summed E-state index contributed by atoms with van der Waals surface area (Å²) in [5.74, 6) is 0.717. The summed E-state index contributed by atoms with van der Waals surface area (Å²) in [5.41, 5.74) is 1.21. The summed E-state index contributed by atoms with van der Waals surface area (Å²) in [4.78, 5) is 33.8. The average Bonchev–Trinajstić information content (AvgIpc) is 2.82. The third-order valence-electron chi connectivity index (χ3n) is 5.98. The van der Waals surface area contributed by atoms with Gasteiger partial charge >= 0.3 is 0 Å². The SMILES string of the molecule is CCCCCCN(C(=O)CCC)C(CC)c1nc2ccccc2c(=O)n1-c1ccc(Cl)cc1. The number of aromatic nitrogens is 2. The molecule has 0 saturated carbocycles. The van der Waals surface area contributed by atoms with Crippen LogP contribution in [-0.4, -0.2) is 26.9 Å². The lowest BCUT2D eigenvalue weighted by Gasteiger charge is -2.32. The second-order valence-electron chi connectivity index (χ2n) is 8.43. The lowest BCUT2D eigenvalue weighted by atomic mass is 10.1. The van der Waals surface area contributed by atoms with Gasteiger partial charge in [-0.25, -0.2) is 4.98 Å². The van der Waals surface area contributed by atoms with Crippen LogP contribution in [0.5, 0.6) is 0 Å². The molecule has 0 aliphatic rings.